The molecule has 3 heterocycles. The van der Waals surface area contributed by atoms with Gasteiger partial charge in [0.2, 0.25) is 0 Å². The van der Waals surface area contributed by atoms with Crippen LogP contribution in [0.4, 0.5) is 5.69 Å². The molecule has 0 spiro atoms. The van der Waals surface area contributed by atoms with Crippen LogP contribution >= 0.6 is 0 Å². The fourth-order valence-electron chi connectivity index (χ4n) is 4.01. The van der Waals surface area contributed by atoms with Crippen molar-refractivity contribution in [3.63, 3.8) is 0 Å². The van der Waals surface area contributed by atoms with Gasteiger partial charge in [-0.3, -0.25) is 14.7 Å². The molecule has 29 heavy (non-hydrogen) atoms. The maximum atomic E-state index is 4.68. The fourth-order valence-corrected chi connectivity index (χ4v) is 4.01. The SMILES string of the molecule is C=C(c1cnn(C)c1)N1CCN=C(Nc2ccc(C3CCNCC3)cc2)C1=NC. The van der Waals surface area contributed by atoms with Crippen LogP contribution in [0, 0.1) is 0 Å². The number of amidine groups is 2. The number of benzene rings is 1. The van der Waals surface area contributed by atoms with E-state index in [1.54, 1.807) is 11.7 Å². The summed E-state index contributed by atoms with van der Waals surface area (Å²) in [5.41, 5.74) is 4.31. The zero-order valence-electron chi connectivity index (χ0n) is 17.2. The van der Waals surface area contributed by atoms with Crippen LogP contribution in [-0.4, -0.2) is 59.6 Å². The quantitative estimate of drug-likeness (QED) is 0.841. The van der Waals surface area contributed by atoms with Crippen LogP contribution in [0.3, 0.4) is 0 Å². The van der Waals surface area contributed by atoms with Gasteiger partial charge in [0.15, 0.2) is 11.7 Å². The highest BCUT2D eigenvalue weighted by Crippen LogP contribution is 2.26. The maximum Gasteiger partial charge on any atom is 0.171 e. The first kappa shape index (κ1) is 19.4. The summed E-state index contributed by atoms with van der Waals surface area (Å²) < 4.78 is 1.78. The van der Waals surface area contributed by atoms with E-state index in [9.17, 15) is 0 Å². The van der Waals surface area contributed by atoms with Gasteiger partial charge in [0.05, 0.1) is 12.7 Å². The lowest BCUT2D eigenvalue weighted by Gasteiger charge is -2.31. The highest BCUT2D eigenvalue weighted by Gasteiger charge is 2.24. The van der Waals surface area contributed by atoms with E-state index < -0.39 is 0 Å². The van der Waals surface area contributed by atoms with Gasteiger partial charge in [-0.1, -0.05) is 18.7 Å². The fraction of sp³-hybridized carbons (Fsp3) is 0.409. The molecule has 1 aromatic carbocycles. The molecule has 2 N–H and O–H groups in total. The number of aromatic nitrogens is 2. The normalized spacial score (nSPS) is 19.3. The van der Waals surface area contributed by atoms with Gasteiger partial charge in [-0.25, -0.2) is 0 Å². The van der Waals surface area contributed by atoms with Crippen LogP contribution in [0.2, 0.25) is 0 Å². The Morgan fingerprint density at radius 3 is 2.66 bits per heavy atom. The van der Waals surface area contributed by atoms with Crippen LogP contribution in [0.5, 0.6) is 0 Å². The first-order valence-corrected chi connectivity index (χ1v) is 10.2. The molecule has 1 saturated heterocycles. The van der Waals surface area contributed by atoms with Crippen molar-refractivity contribution in [1.82, 2.24) is 20.0 Å². The Kier molecular flexibility index (Phi) is 5.76. The molecule has 0 radical (unpaired) electrons. The van der Waals surface area contributed by atoms with Crippen molar-refractivity contribution < 1.29 is 0 Å². The number of hydrogen-bond donors (Lipinski definition) is 2. The molecular formula is C22H29N7. The average Bonchev–Trinajstić information content (AvgIpc) is 3.20. The Labute approximate surface area is 172 Å². The second-order valence-corrected chi connectivity index (χ2v) is 7.55. The molecule has 0 aliphatic carbocycles. The van der Waals surface area contributed by atoms with Gasteiger partial charge in [-0.15, -0.1) is 0 Å². The first-order chi connectivity index (χ1) is 14.2. The third kappa shape index (κ3) is 4.24. The number of piperidine rings is 1. The number of hydrogen-bond acceptors (Lipinski definition) is 5. The molecule has 0 unspecified atom stereocenters. The lowest BCUT2D eigenvalue weighted by Crippen LogP contribution is -2.43. The lowest BCUT2D eigenvalue weighted by atomic mass is 9.90. The van der Waals surface area contributed by atoms with Gasteiger partial charge in [0.25, 0.3) is 0 Å². The third-order valence-electron chi connectivity index (χ3n) is 5.62. The second-order valence-electron chi connectivity index (χ2n) is 7.55. The summed E-state index contributed by atoms with van der Waals surface area (Å²) in [7, 11) is 3.70. The molecule has 0 atom stereocenters. The van der Waals surface area contributed by atoms with E-state index in [0.29, 0.717) is 12.5 Å². The Balaban J connectivity index is 1.47. The summed E-state index contributed by atoms with van der Waals surface area (Å²) in [4.78, 5) is 11.3. The third-order valence-corrected chi connectivity index (χ3v) is 5.62. The van der Waals surface area contributed by atoms with E-state index in [0.717, 1.165) is 48.3 Å². The Morgan fingerprint density at radius 1 is 1.24 bits per heavy atom. The summed E-state index contributed by atoms with van der Waals surface area (Å²) in [6, 6.07) is 8.75. The molecule has 7 nitrogen and oxygen atoms in total. The van der Waals surface area contributed by atoms with Crippen LogP contribution in [0.1, 0.15) is 29.9 Å². The van der Waals surface area contributed by atoms with E-state index >= 15 is 0 Å². The molecule has 1 fully saturated rings. The molecule has 2 aromatic rings. The van der Waals surface area contributed by atoms with E-state index in [-0.39, 0.29) is 0 Å². The number of anilines is 1. The summed E-state index contributed by atoms with van der Waals surface area (Å²) in [6.07, 6.45) is 6.21. The van der Waals surface area contributed by atoms with Gasteiger partial charge in [-0.05, 0) is 49.5 Å². The minimum Gasteiger partial charge on any atom is -0.337 e. The Bertz CT molecular complexity index is 917. The van der Waals surface area contributed by atoms with Crippen molar-refractivity contribution in [1.29, 1.82) is 0 Å². The maximum absolute atomic E-state index is 4.68. The Morgan fingerprint density at radius 2 is 2.00 bits per heavy atom. The number of nitrogens with zero attached hydrogens (tertiary/aromatic N) is 5. The van der Waals surface area contributed by atoms with Crippen LogP contribution < -0.4 is 10.6 Å². The standard InChI is InChI=1S/C22H29N7/c1-16(19-14-26-28(3)15-19)29-13-12-25-21(22(29)23-2)27-20-6-4-17(5-7-20)18-8-10-24-11-9-18/h4-7,14-15,18,24H,1,8-13H2,2-3H3,(H,25,27). The molecule has 4 rings (SSSR count). The number of aliphatic imine (C=N–C) groups is 2. The van der Waals surface area contributed by atoms with Gasteiger partial charge >= 0.3 is 0 Å². The lowest BCUT2D eigenvalue weighted by molar-refractivity contribution is 0.460. The molecule has 2 aliphatic heterocycles. The zero-order chi connectivity index (χ0) is 20.2. The van der Waals surface area contributed by atoms with Gasteiger partial charge in [-0.2, -0.15) is 5.10 Å². The molecule has 152 valence electrons. The molecule has 2 aliphatic rings. The van der Waals surface area contributed by atoms with Crippen LogP contribution in [0.25, 0.3) is 5.70 Å². The van der Waals surface area contributed by atoms with Crippen molar-refractivity contribution in [2.45, 2.75) is 18.8 Å². The van der Waals surface area contributed by atoms with E-state index in [2.05, 4.69) is 61.5 Å². The highest BCUT2D eigenvalue weighted by atomic mass is 15.3. The van der Waals surface area contributed by atoms with E-state index in [1.165, 1.54) is 18.4 Å². The monoisotopic (exact) mass is 391 g/mol. The smallest absolute Gasteiger partial charge is 0.171 e. The van der Waals surface area contributed by atoms with E-state index in [4.69, 9.17) is 0 Å². The number of nitrogens with one attached hydrogen (secondary N) is 2. The van der Waals surface area contributed by atoms with Crippen molar-refractivity contribution in [2.75, 3.05) is 38.5 Å². The molecule has 0 bridgehead atoms. The number of aryl methyl sites for hydroxylation is 1. The van der Waals surface area contributed by atoms with Gasteiger partial charge in [0.1, 0.15) is 0 Å². The molecule has 0 saturated carbocycles. The van der Waals surface area contributed by atoms with E-state index in [1.807, 2.05) is 19.4 Å². The summed E-state index contributed by atoms with van der Waals surface area (Å²) >= 11 is 0. The van der Waals surface area contributed by atoms with Crippen molar-refractivity contribution in [3.05, 3.63) is 54.4 Å². The predicted octanol–water partition coefficient (Wildman–Crippen LogP) is 2.71. The molecule has 0 amide bonds. The van der Waals surface area contributed by atoms with Crippen molar-refractivity contribution in [2.24, 2.45) is 17.0 Å². The largest absolute Gasteiger partial charge is 0.337 e. The summed E-state index contributed by atoms with van der Waals surface area (Å²) in [5, 5.41) is 11.1. The van der Waals surface area contributed by atoms with Crippen molar-refractivity contribution >= 4 is 23.1 Å². The molecule has 7 heteroatoms. The number of rotatable bonds is 4. The molecular weight excluding hydrogens is 362 g/mol. The zero-order valence-corrected chi connectivity index (χ0v) is 17.2. The highest BCUT2D eigenvalue weighted by molar-refractivity contribution is 6.46. The van der Waals surface area contributed by atoms with Crippen LogP contribution in [-0.2, 0) is 7.05 Å². The molecule has 1 aromatic heterocycles. The first-order valence-electron chi connectivity index (χ1n) is 10.2. The van der Waals surface area contributed by atoms with Gasteiger partial charge in [0, 0.05) is 43.8 Å². The van der Waals surface area contributed by atoms with Gasteiger partial charge < -0.3 is 15.5 Å². The summed E-state index contributed by atoms with van der Waals surface area (Å²) in [6.45, 7) is 7.92. The Hall–Kier alpha value is -2.93. The van der Waals surface area contributed by atoms with Crippen LogP contribution in [0.15, 0.2) is 53.2 Å². The van der Waals surface area contributed by atoms with Crippen molar-refractivity contribution in [3.8, 4) is 0 Å². The minimum absolute atomic E-state index is 0.656. The topological polar surface area (TPSA) is 69.8 Å². The second kappa shape index (κ2) is 8.61. The minimum atomic E-state index is 0.656. The predicted molar refractivity (Wildman–Crippen MR) is 120 cm³/mol. The summed E-state index contributed by atoms with van der Waals surface area (Å²) in [5.74, 6) is 2.23. The average molecular weight is 392 g/mol.